The van der Waals surface area contributed by atoms with E-state index in [9.17, 15) is 40.8 Å². The number of carbonyl (C=O) groups excluding carboxylic acids is 2. The molecule has 1 saturated carbocycles. The van der Waals surface area contributed by atoms with E-state index >= 15 is 0 Å². The van der Waals surface area contributed by atoms with Gasteiger partial charge < -0.3 is 10.2 Å². The fraction of sp³-hybridized carbons (Fsp3) is 0.571. The van der Waals surface area contributed by atoms with Crippen LogP contribution in [0, 0.1) is 17.1 Å². The number of nitriles is 1. The lowest BCUT2D eigenvalue weighted by molar-refractivity contribution is -0.160. The SMILES string of the molecule is N#CC1(NC(=O)[C@H](CS(=O)(=O)CCN2CCCC2=O)N[C@@H](c2ccc(F)cc2)C(F)(F)F)CC1. The van der Waals surface area contributed by atoms with Crippen molar-refractivity contribution < 1.29 is 35.6 Å². The zero-order valence-electron chi connectivity index (χ0n) is 18.1. The first-order chi connectivity index (χ1) is 15.8. The van der Waals surface area contributed by atoms with E-state index in [1.807, 2.05) is 6.07 Å². The zero-order chi connectivity index (χ0) is 25.1. The molecular weight excluding hydrogens is 480 g/mol. The van der Waals surface area contributed by atoms with Gasteiger partial charge in [-0.25, -0.2) is 12.8 Å². The lowest BCUT2D eigenvalue weighted by Crippen LogP contribution is -2.54. The fourth-order valence-corrected chi connectivity index (χ4v) is 5.10. The molecule has 1 aromatic carbocycles. The Morgan fingerprint density at radius 2 is 1.88 bits per heavy atom. The van der Waals surface area contributed by atoms with Crippen molar-refractivity contribution in [2.45, 2.75) is 49.5 Å². The van der Waals surface area contributed by atoms with Crippen molar-refractivity contribution in [2.75, 3.05) is 24.6 Å². The molecule has 1 heterocycles. The Morgan fingerprint density at radius 3 is 2.38 bits per heavy atom. The summed E-state index contributed by atoms with van der Waals surface area (Å²) < 4.78 is 80.2. The van der Waals surface area contributed by atoms with Crippen LogP contribution < -0.4 is 10.6 Å². The summed E-state index contributed by atoms with van der Waals surface area (Å²) in [5.74, 6) is -3.53. The Kier molecular flexibility index (Phi) is 7.52. The number of sulfone groups is 1. The minimum absolute atomic E-state index is 0.127. The van der Waals surface area contributed by atoms with E-state index in [0.29, 0.717) is 32.2 Å². The zero-order valence-corrected chi connectivity index (χ0v) is 18.9. The van der Waals surface area contributed by atoms with E-state index in [-0.39, 0.29) is 12.5 Å². The number of carbonyl (C=O) groups is 2. The molecule has 1 aliphatic heterocycles. The van der Waals surface area contributed by atoms with Crippen LogP contribution in [-0.4, -0.2) is 67.5 Å². The van der Waals surface area contributed by atoms with E-state index in [1.165, 1.54) is 4.90 Å². The van der Waals surface area contributed by atoms with Crippen LogP contribution >= 0.6 is 0 Å². The van der Waals surface area contributed by atoms with E-state index in [4.69, 9.17) is 0 Å². The van der Waals surface area contributed by atoms with Gasteiger partial charge in [-0.3, -0.25) is 14.9 Å². The van der Waals surface area contributed by atoms with Gasteiger partial charge in [-0.05, 0) is 37.0 Å². The minimum atomic E-state index is -4.94. The smallest absolute Gasteiger partial charge is 0.342 e. The summed E-state index contributed by atoms with van der Waals surface area (Å²) in [5, 5.41) is 13.6. The van der Waals surface area contributed by atoms with Gasteiger partial charge in [0, 0.05) is 19.5 Å². The highest BCUT2D eigenvalue weighted by Gasteiger charge is 2.48. The summed E-state index contributed by atoms with van der Waals surface area (Å²) in [4.78, 5) is 25.9. The molecule has 1 aromatic rings. The summed E-state index contributed by atoms with van der Waals surface area (Å²) in [6, 6.07) is 0.990. The topological polar surface area (TPSA) is 119 Å². The maximum absolute atomic E-state index is 13.8. The van der Waals surface area contributed by atoms with Crippen LogP contribution in [0.1, 0.15) is 37.3 Å². The lowest BCUT2D eigenvalue weighted by atomic mass is 10.0. The molecule has 2 fully saturated rings. The van der Waals surface area contributed by atoms with Crippen molar-refractivity contribution in [1.29, 1.82) is 5.26 Å². The second-order valence-electron chi connectivity index (χ2n) is 8.53. The molecule has 0 bridgehead atoms. The quantitative estimate of drug-likeness (QED) is 0.467. The highest BCUT2D eigenvalue weighted by Crippen LogP contribution is 2.35. The predicted molar refractivity (Wildman–Crippen MR) is 112 cm³/mol. The molecule has 0 aromatic heterocycles. The van der Waals surface area contributed by atoms with Gasteiger partial charge in [0.1, 0.15) is 23.4 Å². The van der Waals surface area contributed by atoms with Crippen molar-refractivity contribution in [3.05, 3.63) is 35.6 Å². The summed E-state index contributed by atoms with van der Waals surface area (Å²) >= 11 is 0. The molecule has 13 heteroatoms. The maximum atomic E-state index is 13.8. The third-order valence-corrected chi connectivity index (χ3v) is 7.45. The molecule has 1 saturated heterocycles. The monoisotopic (exact) mass is 504 g/mol. The number of amides is 2. The van der Waals surface area contributed by atoms with Gasteiger partial charge in [0.2, 0.25) is 11.8 Å². The Hall–Kier alpha value is -2.72. The summed E-state index contributed by atoms with van der Waals surface area (Å²) in [5.41, 5.74) is -1.64. The van der Waals surface area contributed by atoms with Crippen molar-refractivity contribution in [3.63, 3.8) is 0 Å². The van der Waals surface area contributed by atoms with Gasteiger partial charge >= 0.3 is 6.18 Å². The fourth-order valence-electron chi connectivity index (χ4n) is 3.68. The minimum Gasteiger partial charge on any atom is -0.342 e. The molecule has 0 radical (unpaired) electrons. The maximum Gasteiger partial charge on any atom is 0.407 e. The van der Waals surface area contributed by atoms with Crippen LogP contribution in [0.25, 0.3) is 0 Å². The Bertz CT molecular complexity index is 1070. The van der Waals surface area contributed by atoms with Crippen LogP contribution in [0.15, 0.2) is 24.3 Å². The first kappa shape index (κ1) is 25.9. The molecule has 0 spiro atoms. The van der Waals surface area contributed by atoms with Gasteiger partial charge in [0.05, 0.1) is 17.6 Å². The first-order valence-corrected chi connectivity index (χ1v) is 12.5. The number of benzene rings is 1. The lowest BCUT2D eigenvalue weighted by Gasteiger charge is -2.28. The molecule has 8 nitrogen and oxygen atoms in total. The van der Waals surface area contributed by atoms with E-state index in [0.717, 1.165) is 24.3 Å². The first-order valence-electron chi connectivity index (χ1n) is 10.6. The van der Waals surface area contributed by atoms with Gasteiger partial charge in [0.15, 0.2) is 9.84 Å². The van der Waals surface area contributed by atoms with Crippen molar-refractivity contribution in [3.8, 4) is 6.07 Å². The van der Waals surface area contributed by atoms with Gasteiger partial charge in [-0.1, -0.05) is 12.1 Å². The Labute approximate surface area is 194 Å². The van der Waals surface area contributed by atoms with E-state index in [2.05, 4.69) is 10.6 Å². The number of likely N-dealkylation sites (tertiary alicyclic amines) is 1. The highest BCUT2D eigenvalue weighted by atomic mass is 32.2. The van der Waals surface area contributed by atoms with Crippen molar-refractivity contribution in [1.82, 2.24) is 15.5 Å². The number of nitrogens with zero attached hydrogens (tertiary/aromatic N) is 2. The number of halogens is 4. The third-order valence-electron chi connectivity index (χ3n) is 5.81. The molecular formula is C21H24F4N4O4S. The molecule has 186 valence electrons. The second kappa shape index (κ2) is 9.87. The molecule has 2 atom stereocenters. The normalized spacial score (nSPS) is 19.4. The highest BCUT2D eigenvalue weighted by molar-refractivity contribution is 7.91. The standard InChI is InChI=1S/C21H24F4N4O4S/c22-15-5-3-14(4-6-15)18(21(23,24)25)27-16(19(31)28-20(13-26)7-8-20)12-34(32,33)11-10-29-9-1-2-17(29)30/h3-6,16,18,27H,1-2,7-12H2,(H,28,31)/t16-,18-/m0/s1. The molecule has 2 N–H and O–H groups in total. The summed E-state index contributed by atoms with van der Waals surface area (Å²) in [6.07, 6.45) is -3.45. The van der Waals surface area contributed by atoms with Gasteiger partial charge in [-0.15, -0.1) is 0 Å². The average Bonchev–Trinajstić information content (AvgIpc) is 3.41. The number of nitrogens with one attached hydrogen (secondary N) is 2. The number of alkyl halides is 3. The molecule has 3 rings (SSSR count). The van der Waals surface area contributed by atoms with Crippen molar-refractivity contribution in [2.24, 2.45) is 0 Å². The molecule has 2 amide bonds. The second-order valence-corrected chi connectivity index (χ2v) is 10.8. The van der Waals surface area contributed by atoms with E-state index in [1.54, 1.807) is 0 Å². The third kappa shape index (κ3) is 6.66. The molecule has 0 unspecified atom stereocenters. The molecule has 34 heavy (non-hydrogen) atoms. The number of hydrogen-bond donors (Lipinski definition) is 2. The Balaban J connectivity index is 1.81. The number of rotatable bonds is 10. The summed E-state index contributed by atoms with van der Waals surface area (Å²) in [6.45, 7) is 0.264. The summed E-state index contributed by atoms with van der Waals surface area (Å²) in [7, 11) is -4.09. The van der Waals surface area contributed by atoms with E-state index < -0.39 is 62.4 Å². The van der Waals surface area contributed by atoms with Crippen molar-refractivity contribution >= 4 is 21.7 Å². The van der Waals surface area contributed by atoms with Gasteiger partial charge in [-0.2, -0.15) is 18.4 Å². The number of hydrogen-bond acceptors (Lipinski definition) is 6. The van der Waals surface area contributed by atoms with Crippen LogP contribution in [0.4, 0.5) is 17.6 Å². The molecule has 1 aliphatic carbocycles. The van der Waals surface area contributed by atoms with Crippen LogP contribution in [0.3, 0.4) is 0 Å². The predicted octanol–water partition coefficient (Wildman–Crippen LogP) is 1.60. The largest absolute Gasteiger partial charge is 0.407 e. The molecule has 2 aliphatic rings. The van der Waals surface area contributed by atoms with Gasteiger partial charge in [0.25, 0.3) is 0 Å². The van der Waals surface area contributed by atoms with Crippen LogP contribution in [0.2, 0.25) is 0 Å². The average molecular weight is 505 g/mol. The van der Waals surface area contributed by atoms with Crippen LogP contribution in [-0.2, 0) is 19.4 Å². The van der Waals surface area contributed by atoms with Crippen LogP contribution in [0.5, 0.6) is 0 Å². The Morgan fingerprint density at radius 1 is 1.24 bits per heavy atom.